The van der Waals surface area contributed by atoms with Crippen molar-refractivity contribution in [2.24, 2.45) is 0 Å². The van der Waals surface area contributed by atoms with Gasteiger partial charge in [0.1, 0.15) is 5.75 Å². The molecule has 0 aliphatic rings. The molecule has 0 saturated heterocycles. The van der Waals surface area contributed by atoms with E-state index in [0.29, 0.717) is 6.54 Å². The number of amides is 1. The third-order valence-corrected chi connectivity index (χ3v) is 3.65. The second-order valence-electron chi connectivity index (χ2n) is 6.05. The minimum absolute atomic E-state index is 0.0629. The van der Waals surface area contributed by atoms with Crippen LogP contribution in [0.3, 0.4) is 0 Å². The van der Waals surface area contributed by atoms with Crippen LogP contribution in [0.25, 0.3) is 0 Å². The van der Waals surface area contributed by atoms with Gasteiger partial charge in [0.15, 0.2) is 6.61 Å². The molecule has 2 aromatic carbocycles. The highest BCUT2D eigenvalue weighted by Crippen LogP contribution is 2.15. The molecule has 0 unspecified atom stereocenters. The van der Waals surface area contributed by atoms with Crippen molar-refractivity contribution in [2.75, 3.05) is 13.2 Å². The number of rotatable bonds is 7. The molecule has 3 nitrogen and oxygen atoms in total. The maximum absolute atomic E-state index is 11.8. The van der Waals surface area contributed by atoms with Gasteiger partial charge in [0.25, 0.3) is 5.91 Å². The average molecular weight is 311 g/mol. The Balaban J connectivity index is 1.66. The van der Waals surface area contributed by atoms with Crippen molar-refractivity contribution >= 4 is 5.91 Å². The molecule has 0 radical (unpaired) electrons. The van der Waals surface area contributed by atoms with Crippen LogP contribution in [0.15, 0.2) is 42.5 Å². The lowest BCUT2D eigenvalue weighted by Crippen LogP contribution is -2.29. The molecule has 0 fully saturated rings. The second kappa shape index (κ2) is 8.37. The van der Waals surface area contributed by atoms with Crippen molar-refractivity contribution in [3.8, 4) is 5.75 Å². The van der Waals surface area contributed by atoms with Gasteiger partial charge in [0, 0.05) is 6.54 Å². The topological polar surface area (TPSA) is 38.3 Å². The smallest absolute Gasteiger partial charge is 0.257 e. The summed E-state index contributed by atoms with van der Waals surface area (Å²) in [4.78, 5) is 11.8. The lowest BCUT2D eigenvalue weighted by Gasteiger charge is -2.09. The Morgan fingerprint density at radius 3 is 2.26 bits per heavy atom. The zero-order valence-corrected chi connectivity index (χ0v) is 14.2. The average Bonchev–Trinajstić information content (AvgIpc) is 2.50. The van der Waals surface area contributed by atoms with Gasteiger partial charge in [-0.3, -0.25) is 4.79 Å². The zero-order chi connectivity index (χ0) is 16.7. The molecule has 0 bridgehead atoms. The van der Waals surface area contributed by atoms with Crippen LogP contribution in [0.1, 0.15) is 28.7 Å². The van der Waals surface area contributed by atoms with Crippen LogP contribution in [-0.2, 0) is 11.2 Å². The van der Waals surface area contributed by atoms with Gasteiger partial charge in [-0.15, -0.1) is 0 Å². The second-order valence-corrected chi connectivity index (χ2v) is 6.05. The summed E-state index contributed by atoms with van der Waals surface area (Å²) in [5.74, 6) is 0.672. The number of nitrogens with one attached hydrogen (secondary N) is 1. The molecule has 0 spiro atoms. The van der Waals surface area contributed by atoms with Crippen molar-refractivity contribution in [1.82, 2.24) is 5.32 Å². The summed E-state index contributed by atoms with van der Waals surface area (Å²) >= 11 is 0. The Hall–Kier alpha value is -2.29. The summed E-state index contributed by atoms with van der Waals surface area (Å²) in [5.41, 5.74) is 4.85. The Morgan fingerprint density at radius 1 is 0.957 bits per heavy atom. The van der Waals surface area contributed by atoms with Gasteiger partial charge in [-0.2, -0.15) is 0 Å². The third kappa shape index (κ3) is 6.15. The molecule has 1 amide bonds. The van der Waals surface area contributed by atoms with Crippen LogP contribution in [0.4, 0.5) is 0 Å². The number of aryl methyl sites for hydroxylation is 4. The number of ether oxygens (including phenoxy) is 1. The molecule has 0 aliphatic carbocycles. The van der Waals surface area contributed by atoms with Crippen LogP contribution < -0.4 is 10.1 Å². The molecule has 0 saturated carbocycles. The predicted molar refractivity (Wildman–Crippen MR) is 93.9 cm³/mol. The number of carbonyl (C=O) groups excluding carboxylic acids is 1. The van der Waals surface area contributed by atoms with E-state index in [4.69, 9.17) is 4.74 Å². The molecule has 0 atom stereocenters. The van der Waals surface area contributed by atoms with Gasteiger partial charge in [-0.05, 0) is 62.4 Å². The van der Waals surface area contributed by atoms with E-state index in [9.17, 15) is 4.79 Å². The Bertz CT molecular complexity index is 627. The minimum atomic E-state index is -0.0759. The van der Waals surface area contributed by atoms with E-state index in [-0.39, 0.29) is 12.5 Å². The molecule has 122 valence electrons. The third-order valence-electron chi connectivity index (χ3n) is 3.65. The van der Waals surface area contributed by atoms with Crippen molar-refractivity contribution in [2.45, 2.75) is 33.6 Å². The van der Waals surface area contributed by atoms with Gasteiger partial charge in [0.05, 0.1) is 0 Å². The van der Waals surface area contributed by atoms with Gasteiger partial charge in [0.2, 0.25) is 0 Å². The highest BCUT2D eigenvalue weighted by atomic mass is 16.5. The molecular formula is C20H25NO2. The normalized spacial score (nSPS) is 10.4. The Labute approximate surface area is 138 Å². The molecule has 0 aliphatic heterocycles. The number of benzene rings is 2. The summed E-state index contributed by atoms with van der Waals surface area (Å²) in [5, 5.41) is 2.90. The lowest BCUT2D eigenvalue weighted by atomic mass is 10.1. The monoisotopic (exact) mass is 311 g/mol. The molecular weight excluding hydrogens is 286 g/mol. The van der Waals surface area contributed by atoms with E-state index < -0.39 is 0 Å². The van der Waals surface area contributed by atoms with E-state index in [1.807, 2.05) is 26.0 Å². The van der Waals surface area contributed by atoms with Crippen molar-refractivity contribution in [3.05, 3.63) is 64.7 Å². The van der Waals surface area contributed by atoms with E-state index in [1.54, 1.807) is 0 Å². The molecule has 0 heterocycles. The number of hydrogen-bond acceptors (Lipinski definition) is 2. The van der Waals surface area contributed by atoms with Crippen molar-refractivity contribution in [1.29, 1.82) is 0 Å². The largest absolute Gasteiger partial charge is 0.484 e. The van der Waals surface area contributed by atoms with Gasteiger partial charge < -0.3 is 10.1 Å². The fourth-order valence-corrected chi connectivity index (χ4v) is 2.49. The standard InChI is InChI=1S/C20H25NO2/c1-15-6-8-18(9-7-15)5-4-10-21-20(22)14-23-19-12-16(2)11-17(3)13-19/h6-9,11-13H,4-5,10,14H2,1-3H3,(H,21,22). The van der Waals surface area contributed by atoms with E-state index in [2.05, 4.69) is 42.6 Å². The van der Waals surface area contributed by atoms with Crippen LogP contribution in [0.5, 0.6) is 5.75 Å². The fourth-order valence-electron chi connectivity index (χ4n) is 2.49. The quantitative estimate of drug-likeness (QED) is 0.791. The maximum atomic E-state index is 11.8. The minimum Gasteiger partial charge on any atom is -0.484 e. The first-order chi connectivity index (χ1) is 11.0. The summed E-state index contributed by atoms with van der Waals surface area (Å²) in [6, 6.07) is 14.5. The predicted octanol–water partition coefficient (Wildman–Crippen LogP) is 3.74. The maximum Gasteiger partial charge on any atom is 0.257 e. The van der Waals surface area contributed by atoms with E-state index in [1.165, 1.54) is 11.1 Å². The van der Waals surface area contributed by atoms with Gasteiger partial charge >= 0.3 is 0 Å². The summed E-state index contributed by atoms with van der Waals surface area (Å²) in [7, 11) is 0. The summed E-state index contributed by atoms with van der Waals surface area (Å²) < 4.78 is 5.55. The zero-order valence-electron chi connectivity index (χ0n) is 14.2. The Kier molecular flexibility index (Phi) is 6.21. The van der Waals surface area contributed by atoms with Crippen molar-refractivity contribution < 1.29 is 9.53 Å². The van der Waals surface area contributed by atoms with E-state index >= 15 is 0 Å². The van der Waals surface area contributed by atoms with Crippen LogP contribution >= 0.6 is 0 Å². The van der Waals surface area contributed by atoms with Crippen LogP contribution in [0, 0.1) is 20.8 Å². The van der Waals surface area contributed by atoms with Gasteiger partial charge in [-0.1, -0.05) is 35.9 Å². The first kappa shape index (κ1) is 17.1. The van der Waals surface area contributed by atoms with Gasteiger partial charge in [-0.25, -0.2) is 0 Å². The molecule has 2 rings (SSSR count). The molecule has 0 aromatic heterocycles. The van der Waals surface area contributed by atoms with E-state index in [0.717, 1.165) is 29.7 Å². The molecule has 23 heavy (non-hydrogen) atoms. The van der Waals surface area contributed by atoms with Crippen LogP contribution in [-0.4, -0.2) is 19.1 Å². The first-order valence-corrected chi connectivity index (χ1v) is 8.06. The van der Waals surface area contributed by atoms with Crippen molar-refractivity contribution in [3.63, 3.8) is 0 Å². The Morgan fingerprint density at radius 2 is 1.61 bits per heavy atom. The number of hydrogen-bond donors (Lipinski definition) is 1. The SMILES string of the molecule is Cc1ccc(CCCNC(=O)COc2cc(C)cc(C)c2)cc1. The lowest BCUT2D eigenvalue weighted by molar-refractivity contribution is -0.123. The molecule has 1 N–H and O–H groups in total. The summed E-state index contributed by atoms with van der Waals surface area (Å²) in [6.45, 7) is 6.85. The summed E-state index contributed by atoms with van der Waals surface area (Å²) in [6.07, 6.45) is 1.90. The molecule has 3 heteroatoms. The molecule has 2 aromatic rings. The highest BCUT2D eigenvalue weighted by Gasteiger charge is 2.03. The first-order valence-electron chi connectivity index (χ1n) is 8.06. The number of carbonyl (C=O) groups is 1. The van der Waals surface area contributed by atoms with Crippen LogP contribution in [0.2, 0.25) is 0 Å². The highest BCUT2D eigenvalue weighted by molar-refractivity contribution is 5.77. The fraction of sp³-hybridized carbons (Fsp3) is 0.350.